The Bertz CT molecular complexity index is 426. The molecule has 18 heavy (non-hydrogen) atoms. The minimum absolute atomic E-state index is 0.478. The van der Waals surface area contributed by atoms with Crippen LogP contribution in [0.2, 0.25) is 0 Å². The molecule has 0 saturated heterocycles. The van der Waals surface area contributed by atoms with Gasteiger partial charge in [-0.05, 0) is 56.3 Å². The second kappa shape index (κ2) is 4.49. The second-order valence-corrected chi connectivity index (χ2v) is 8.13. The number of rotatable bonds is 1. The quantitative estimate of drug-likeness (QED) is 0.713. The van der Waals surface area contributed by atoms with Crippen molar-refractivity contribution in [2.45, 2.75) is 63.5 Å². The molecule has 0 aliphatic heterocycles. The molecule has 100 valence electrons. The Morgan fingerprint density at radius 1 is 0.889 bits per heavy atom. The summed E-state index contributed by atoms with van der Waals surface area (Å²) in [6, 6.07) is 1.05. The average molecular weight is 267 g/mol. The summed E-state index contributed by atoms with van der Waals surface area (Å²) in [7, 11) is -1.25. The lowest BCUT2D eigenvalue weighted by Crippen LogP contribution is -2.28. The van der Waals surface area contributed by atoms with E-state index in [1.165, 1.54) is 51.4 Å². The first-order valence-corrected chi connectivity index (χ1v) is 8.98. The summed E-state index contributed by atoms with van der Waals surface area (Å²) >= 11 is 0. The minimum Gasteiger partial charge on any atom is -0.277 e. The van der Waals surface area contributed by atoms with Crippen LogP contribution in [-0.2, 0) is 0 Å². The fourth-order valence-corrected chi connectivity index (χ4v) is 6.32. The molecule has 0 radical (unpaired) electrons. The third kappa shape index (κ3) is 2.02. The van der Waals surface area contributed by atoms with E-state index in [0.29, 0.717) is 12.1 Å². The van der Waals surface area contributed by atoms with Gasteiger partial charge in [-0.1, -0.05) is 11.0 Å². The number of hydrogen-bond donors (Lipinski definition) is 2. The standard InChI is InChI=1S/C14H23N2OP/c17-18(15-13-7-9-1-3-11(13)5-9)16-14-8-10-2-4-12(14)6-10/h9-14H,1-8H2,(H,15,17)/p+1. The van der Waals surface area contributed by atoms with Crippen molar-refractivity contribution < 1.29 is 4.89 Å². The molecule has 0 aromatic heterocycles. The molecular formula is C14H24N2OP+. The molecule has 0 amide bonds. The van der Waals surface area contributed by atoms with Crippen LogP contribution in [0.25, 0.3) is 4.59 Å². The van der Waals surface area contributed by atoms with Crippen molar-refractivity contribution in [1.82, 2.24) is 5.09 Å². The van der Waals surface area contributed by atoms with E-state index in [2.05, 4.69) is 5.09 Å². The highest BCUT2D eigenvalue weighted by molar-refractivity contribution is 7.36. The minimum atomic E-state index is -1.25. The molecule has 2 N–H and O–H groups in total. The lowest BCUT2D eigenvalue weighted by Gasteiger charge is -2.19. The monoisotopic (exact) mass is 267 g/mol. The van der Waals surface area contributed by atoms with E-state index < -0.39 is 7.94 Å². The maximum atomic E-state index is 10.2. The molecule has 4 saturated carbocycles. The summed E-state index contributed by atoms with van der Waals surface area (Å²) in [6.45, 7) is 0. The van der Waals surface area contributed by atoms with Crippen molar-refractivity contribution in [3.63, 3.8) is 0 Å². The van der Waals surface area contributed by atoms with Crippen LogP contribution in [0.15, 0.2) is 0 Å². The molecule has 0 heterocycles. The van der Waals surface area contributed by atoms with Crippen molar-refractivity contribution in [3.05, 3.63) is 4.59 Å². The van der Waals surface area contributed by atoms with Gasteiger partial charge in [-0.3, -0.25) is 4.89 Å². The Morgan fingerprint density at radius 2 is 1.61 bits per heavy atom. The average Bonchev–Trinajstić information content (AvgIpc) is 3.08. The fraction of sp³-hybridized carbons (Fsp3) is 1.00. The highest BCUT2D eigenvalue weighted by Crippen LogP contribution is 2.48. The van der Waals surface area contributed by atoms with Crippen LogP contribution in [0.3, 0.4) is 0 Å². The van der Waals surface area contributed by atoms with Gasteiger partial charge < -0.3 is 0 Å². The lowest BCUT2D eigenvalue weighted by molar-refractivity contribution is 0.391. The summed E-state index contributed by atoms with van der Waals surface area (Å²) in [5.74, 6) is 3.50. The maximum Gasteiger partial charge on any atom is 0.463 e. The van der Waals surface area contributed by atoms with E-state index in [1.807, 2.05) is 0 Å². The second-order valence-electron chi connectivity index (χ2n) is 7.06. The third-order valence-corrected chi connectivity index (χ3v) is 7.06. The summed E-state index contributed by atoms with van der Waals surface area (Å²) in [5.41, 5.74) is 0. The molecule has 0 aromatic carbocycles. The van der Waals surface area contributed by atoms with Gasteiger partial charge in [-0.2, -0.15) is 5.09 Å². The smallest absolute Gasteiger partial charge is 0.277 e. The first kappa shape index (κ1) is 11.7. The Kier molecular flexibility index (Phi) is 2.93. The van der Waals surface area contributed by atoms with E-state index in [-0.39, 0.29) is 0 Å². The van der Waals surface area contributed by atoms with Crippen LogP contribution in [0.1, 0.15) is 51.4 Å². The molecule has 7 atom stereocenters. The van der Waals surface area contributed by atoms with Crippen molar-refractivity contribution in [2.75, 3.05) is 0 Å². The number of fused-ring (bicyclic) bond motifs is 4. The molecule has 0 aromatic rings. The lowest BCUT2D eigenvalue weighted by atomic mass is 9.96. The molecule has 4 aliphatic carbocycles. The van der Waals surface area contributed by atoms with Gasteiger partial charge in [0.2, 0.25) is 0 Å². The molecule has 3 nitrogen and oxygen atoms in total. The van der Waals surface area contributed by atoms with Gasteiger partial charge in [-0.15, -0.1) is 0 Å². The molecule has 4 aliphatic rings. The van der Waals surface area contributed by atoms with Crippen LogP contribution in [0.5, 0.6) is 0 Å². The summed E-state index contributed by atoms with van der Waals surface area (Å²) in [6.07, 6.45) is 10.9. The van der Waals surface area contributed by atoms with Crippen LogP contribution in [-0.4, -0.2) is 17.0 Å². The van der Waals surface area contributed by atoms with Gasteiger partial charge >= 0.3 is 7.94 Å². The van der Waals surface area contributed by atoms with Gasteiger partial charge in [0.15, 0.2) is 0 Å². The fourth-order valence-electron chi connectivity index (χ4n) is 5.08. The predicted molar refractivity (Wildman–Crippen MR) is 74.1 cm³/mol. The van der Waals surface area contributed by atoms with Gasteiger partial charge in [0.05, 0.1) is 0 Å². The maximum absolute atomic E-state index is 10.2. The van der Waals surface area contributed by atoms with Crippen LogP contribution < -0.4 is 5.09 Å². The molecule has 7 unspecified atom stereocenters. The molecule has 4 rings (SSSR count). The molecule has 4 fully saturated rings. The number of nitrogens with zero attached hydrogens (tertiary/aromatic N) is 1. The summed E-state index contributed by atoms with van der Waals surface area (Å²) in [4.78, 5) is 10.2. The Morgan fingerprint density at radius 3 is 2.17 bits per heavy atom. The van der Waals surface area contributed by atoms with Gasteiger partial charge in [0.25, 0.3) is 6.04 Å². The first-order valence-electron chi connectivity index (χ1n) is 7.74. The molecule has 0 spiro atoms. The number of hydrogen-bond acceptors (Lipinski definition) is 2. The van der Waals surface area contributed by atoms with Crippen LogP contribution >= 0.6 is 7.94 Å². The summed E-state index contributed by atoms with van der Waals surface area (Å²) < 4.78 is 4.71. The van der Waals surface area contributed by atoms with E-state index in [9.17, 15) is 4.89 Å². The van der Waals surface area contributed by atoms with Gasteiger partial charge in [0, 0.05) is 18.4 Å². The third-order valence-electron chi connectivity index (χ3n) is 5.98. The Labute approximate surface area is 110 Å². The normalized spacial score (nSPS) is 49.7. The predicted octanol–water partition coefficient (Wildman–Crippen LogP) is 3.55. The Hall–Kier alpha value is -0.0700. The van der Waals surface area contributed by atoms with E-state index in [4.69, 9.17) is 4.59 Å². The summed E-state index contributed by atoms with van der Waals surface area (Å²) in [5, 5.41) is 3.45. The first-order chi connectivity index (χ1) is 8.78. The van der Waals surface area contributed by atoms with Crippen molar-refractivity contribution in [2.24, 2.45) is 23.7 Å². The zero-order chi connectivity index (χ0) is 12.1. The number of nitrogens with one attached hydrogen (secondary N) is 1. The van der Waals surface area contributed by atoms with Gasteiger partial charge in [-0.25, -0.2) is 0 Å². The van der Waals surface area contributed by atoms with Crippen LogP contribution in [0, 0.1) is 23.7 Å². The van der Waals surface area contributed by atoms with Crippen LogP contribution in [0.4, 0.5) is 0 Å². The highest BCUT2D eigenvalue weighted by atomic mass is 31.1. The topological polar surface area (TPSA) is 36.6 Å². The van der Waals surface area contributed by atoms with Crippen molar-refractivity contribution in [1.29, 1.82) is 0 Å². The van der Waals surface area contributed by atoms with Crippen molar-refractivity contribution >= 4 is 7.94 Å². The zero-order valence-electron chi connectivity index (χ0n) is 11.0. The molecule has 4 bridgehead atoms. The van der Waals surface area contributed by atoms with E-state index in [1.54, 1.807) is 0 Å². The zero-order valence-corrected chi connectivity index (χ0v) is 11.9. The molecular weight excluding hydrogens is 243 g/mol. The SMILES string of the molecule is OP(#[N+]C1CC2CCC1C2)NC1CC2CCC1C2. The van der Waals surface area contributed by atoms with E-state index >= 15 is 0 Å². The Balaban J connectivity index is 1.40. The molecule has 4 heteroatoms. The van der Waals surface area contributed by atoms with E-state index in [0.717, 1.165) is 23.7 Å². The largest absolute Gasteiger partial charge is 0.463 e. The van der Waals surface area contributed by atoms with Crippen molar-refractivity contribution in [3.8, 4) is 0 Å². The van der Waals surface area contributed by atoms with Gasteiger partial charge in [0.1, 0.15) is 0 Å². The highest BCUT2D eigenvalue weighted by Gasteiger charge is 2.46.